The Balaban J connectivity index is 1.90. The minimum absolute atomic E-state index is 0.166. The first-order valence-electron chi connectivity index (χ1n) is 5.07. The number of rotatable bonds is 3. The number of carbonyl (C=O) groups is 1. The maximum atomic E-state index is 10.6. The summed E-state index contributed by atoms with van der Waals surface area (Å²) in [6, 6.07) is 8.93. The van der Waals surface area contributed by atoms with Gasteiger partial charge in [-0.25, -0.2) is 0 Å². The van der Waals surface area contributed by atoms with Crippen LogP contribution in [-0.4, -0.2) is 29.1 Å². The van der Waals surface area contributed by atoms with Gasteiger partial charge < -0.3 is 5.11 Å². The van der Waals surface area contributed by atoms with Crippen LogP contribution in [0, 0.1) is 18.9 Å². The monoisotopic (exact) mass is 204 g/mol. The van der Waals surface area contributed by atoms with Gasteiger partial charge in [-0.2, -0.15) is 0 Å². The first kappa shape index (κ1) is 10.2. The predicted octanol–water partition coefficient (Wildman–Crippen LogP) is 1.31. The van der Waals surface area contributed by atoms with Crippen molar-refractivity contribution >= 4 is 5.97 Å². The Morgan fingerprint density at radius 2 is 2.40 bits per heavy atom. The zero-order valence-electron chi connectivity index (χ0n) is 8.73. The van der Waals surface area contributed by atoms with Gasteiger partial charge in [-0.05, 0) is 24.1 Å². The number of aliphatic carboxylic acids is 1. The van der Waals surface area contributed by atoms with Crippen molar-refractivity contribution in [2.75, 3.05) is 13.1 Å². The summed E-state index contributed by atoms with van der Waals surface area (Å²) in [4.78, 5) is 12.8. The average Bonchev–Trinajstić information content (AvgIpc) is 2.12. The van der Waals surface area contributed by atoms with Crippen molar-refractivity contribution in [1.82, 2.24) is 4.90 Å². The molecule has 1 aromatic rings. The highest BCUT2D eigenvalue weighted by atomic mass is 16.4. The third-order valence-corrected chi connectivity index (χ3v) is 2.89. The van der Waals surface area contributed by atoms with E-state index >= 15 is 0 Å². The smallest absolute Gasteiger partial charge is 0.309 e. The average molecular weight is 204 g/mol. The highest BCUT2D eigenvalue weighted by molar-refractivity contribution is 5.71. The van der Waals surface area contributed by atoms with Gasteiger partial charge in [0.2, 0.25) is 0 Å². The Morgan fingerprint density at radius 1 is 1.67 bits per heavy atom. The van der Waals surface area contributed by atoms with E-state index in [1.54, 1.807) is 0 Å². The van der Waals surface area contributed by atoms with E-state index in [1.807, 2.05) is 18.2 Å². The van der Waals surface area contributed by atoms with Gasteiger partial charge in [0.25, 0.3) is 0 Å². The van der Waals surface area contributed by atoms with Crippen LogP contribution in [-0.2, 0) is 11.3 Å². The summed E-state index contributed by atoms with van der Waals surface area (Å²) >= 11 is 0. The minimum Gasteiger partial charge on any atom is -0.481 e. The van der Waals surface area contributed by atoms with E-state index in [2.05, 4.69) is 17.9 Å². The molecule has 0 bridgehead atoms. The molecule has 2 rings (SSSR count). The quantitative estimate of drug-likeness (QED) is 0.807. The summed E-state index contributed by atoms with van der Waals surface area (Å²) in [7, 11) is 0. The molecule has 0 atom stereocenters. The summed E-state index contributed by atoms with van der Waals surface area (Å²) in [5.74, 6) is -0.843. The number of hydrogen-bond donors (Lipinski definition) is 1. The van der Waals surface area contributed by atoms with Crippen LogP contribution < -0.4 is 0 Å². The zero-order valence-corrected chi connectivity index (χ0v) is 8.73. The van der Waals surface area contributed by atoms with Gasteiger partial charge in [0, 0.05) is 19.6 Å². The van der Waals surface area contributed by atoms with Crippen LogP contribution in [0.5, 0.6) is 0 Å². The molecule has 0 aliphatic carbocycles. The molecule has 0 amide bonds. The molecule has 3 nitrogen and oxygen atoms in total. The highest BCUT2D eigenvalue weighted by Crippen LogP contribution is 2.19. The molecule has 1 N–H and O–H groups in total. The van der Waals surface area contributed by atoms with E-state index in [1.165, 1.54) is 11.1 Å². The lowest BCUT2D eigenvalue weighted by atomic mass is 9.98. The lowest BCUT2D eigenvalue weighted by Gasteiger charge is -2.36. The molecule has 3 heteroatoms. The van der Waals surface area contributed by atoms with E-state index in [-0.39, 0.29) is 5.92 Å². The molecule has 15 heavy (non-hydrogen) atoms. The summed E-state index contributed by atoms with van der Waals surface area (Å²) in [5.41, 5.74) is 2.48. The second-order valence-corrected chi connectivity index (χ2v) is 4.08. The van der Waals surface area contributed by atoms with Gasteiger partial charge in [-0.1, -0.05) is 18.2 Å². The third kappa shape index (κ3) is 2.18. The standard InChI is InChI=1S/C12H14NO2/c1-9-4-2-3-5-10(9)6-13-7-11(8-13)12(14)15/h3-5,11H,6-8H2,1H3,(H,14,15). The van der Waals surface area contributed by atoms with Crippen LogP contribution in [0.3, 0.4) is 0 Å². The lowest BCUT2D eigenvalue weighted by molar-refractivity contribution is -0.147. The van der Waals surface area contributed by atoms with Gasteiger partial charge >= 0.3 is 5.97 Å². The third-order valence-electron chi connectivity index (χ3n) is 2.89. The van der Waals surface area contributed by atoms with E-state index < -0.39 is 5.97 Å². The van der Waals surface area contributed by atoms with Crippen molar-refractivity contribution in [3.8, 4) is 0 Å². The van der Waals surface area contributed by atoms with Crippen molar-refractivity contribution in [3.63, 3.8) is 0 Å². The molecule has 1 radical (unpaired) electrons. The fourth-order valence-electron chi connectivity index (χ4n) is 1.82. The van der Waals surface area contributed by atoms with E-state index in [0.29, 0.717) is 13.1 Å². The molecule has 0 spiro atoms. The van der Waals surface area contributed by atoms with Crippen molar-refractivity contribution in [2.45, 2.75) is 13.5 Å². The number of aryl methyl sites for hydroxylation is 1. The number of carboxylic acids is 1. The second kappa shape index (κ2) is 4.03. The summed E-state index contributed by atoms with van der Waals surface area (Å²) < 4.78 is 0. The van der Waals surface area contributed by atoms with Gasteiger partial charge in [-0.3, -0.25) is 9.69 Å². The van der Waals surface area contributed by atoms with Crippen LogP contribution in [0.4, 0.5) is 0 Å². The van der Waals surface area contributed by atoms with Crippen molar-refractivity contribution in [3.05, 3.63) is 35.4 Å². The molecule has 1 saturated heterocycles. The van der Waals surface area contributed by atoms with E-state index in [4.69, 9.17) is 5.11 Å². The molecular formula is C12H14NO2. The molecule has 1 aliphatic rings. The van der Waals surface area contributed by atoms with Gasteiger partial charge in [0.05, 0.1) is 5.92 Å². The summed E-state index contributed by atoms with van der Waals surface area (Å²) in [6.07, 6.45) is 0. The topological polar surface area (TPSA) is 40.5 Å². The summed E-state index contributed by atoms with van der Waals surface area (Å²) in [5, 5.41) is 8.74. The predicted molar refractivity (Wildman–Crippen MR) is 56.4 cm³/mol. The number of hydrogen-bond acceptors (Lipinski definition) is 2. The number of benzene rings is 1. The van der Waals surface area contributed by atoms with Gasteiger partial charge in [0.15, 0.2) is 0 Å². The van der Waals surface area contributed by atoms with Crippen LogP contribution in [0.1, 0.15) is 11.1 Å². The first-order chi connectivity index (χ1) is 7.16. The van der Waals surface area contributed by atoms with Crippen molar-refractivity contribution < 1.29 is 9.90 Å². The maximum absolute atomic E-state index is 10.6. The second-order valence-electron chi connectivity index (χ2n) is 4.08. The van der Waals surface area contributed by atoms with Crippen LogP contribution in [0.15, 0.2) is 18.2 Å². The van der Waals surface area contributed by atoms with Crippen molar-refractivity contribution in [2.24, 2.45) is 5.92 Å². The molecule has 1 heterocycles. The Kier molecular flexibility index (Phi) is 2.73. The molecular weight excluding hydrogens is 190 g/mol. The molecule has 1 fully saturated rings. The summed E-state index contributed by atoms with van der Waals surface area (Å²) in [6.45, 7) is 4.26. The minimum atomic E-state index is -0.677. The fourth-order valence-corrected chi connectivity index (χ4v) is 1.82. The molecule has 1 aliphatic heterocycles. The Morgan fingerprint density at radius 3 is 3.00 bits per heavy atom. The van der Waals surface area contributed by atoms with Gasteiger partial charge in [0.1, 0.15) is 0 Å². The molecule has 79 valence electrons. The number of carboxylic acid groups (broad SMARTS) is 1. The number of likely N-dealkylation sites (tertiary alicyclic amines) is 1. The zero-order chi connectivity index (χ0) is 10.8. The Labute approximate surface area is 89.3 Å². The van der Waals surface area contributed by atoms with Gasteiger partial charge in [-0.15, -0.1) is 0 Å². The van der Waals surface area contributed by atoms with E-state index in [9.17, 15) is 4.79 Å². The Hall–Kier alpha value is -1.35. The lowest BCUT2D eigenvalue weighted by Crippen LogP contribution is -2.49. The van der Waals surface area contributed by atoms with Crippen LogP contribution in [0.25, 0.3) is 0 Å². The largest absolute Gasteiger partial charge is 0.481 e. The molecule has 0 saturated carbocycles. The molecule has 0 aromatic heterocycles. The molecule has 1 aromatic carbocycles. The SMILES string of the molecule is Cc1c[c]ccc1CN1CC(C(=O)O)C1. The normalized spacial score (nSPS) is 17.4. The van der Waals surface area contributed by atoms with Crippen LogP contribution >= 0.6 is 0 Å². The van der Waals surface area contributed by atoms with Crippen LogP contribution in [0.2, 0.25) is 0 Å². The first-order valence-corrected chi connectivity index (χ1v) is 5.07. The van der Waals surface area contributed by atoms with Crippen molar-refractivity contribution in [1.29, 1.82) is 0 Å². The maximum Gasteiger partial charge on any atom is 0.309 e. The Bertz CT molecular complexity index is 370. The molecule has 0 unspecified atom stereocenters. The fraction of sp³-hybridized carbons (Fsp3) is 0.417. The highest BCUT2D eigenvalue weighted by Gasteiger charge is 2.32. The number of nitrogens with zero attached hydrogens (tertiary/aromatic N) is 1. The van der Waals surface area contributed by atoms with E-state index in [0.717, 1.165) is 6.54 Å².